The Kier molecular flexibility index (Phi) is 6.72. The first kappa shape index (κ1) is 27.2. The van der Waals surface area contributed by atoms with Crippen LogP contribution in [-0.2, 0) is 25.6 Å². The van der Waals surface area contributed by atoms with Crippen molar-refractivity contribution >= 4 is 45.0 Å². The molecule has 0 bridgehead atoms. The summed E-state index contributed by atoms with van der Waals surface area (Å²) in [6.07, 6.45) is 4.51. The number of methoxy groups -OCH3 is 2. The average molecular weight is 618 g/mol. The molecule has 1 aliphatic heterocycles. The van der Waals surface area contributed by atoms with Gasteiger partial charge in [0.25, 0.3) is 0 Å². The minimum atomic E-state index is -0.774. The first-order valence-corrected chi connectivity index (χ1v) is 14.3. The van der Waals surface area contributed by atoms with Crippen LogP contribution in [-0.4, -0.2) is 42.7 Å². The number of carbonyl (C=O) groups is 4. The number of halogens is 1. The second-order valence-corrected chi connectivity index (χ2v) is 11.5. The van der Waals surface area contributed by atoms with Gasteiger partial charge in [0.05, 0.1) is 36.2 Å². The Morgan fingerprint density at radius 1 is 0.976 bits per heavy atom. The Morgan fingerprint density at radius 2 is 1.63 bits per heavy atom. The van der Waals surface area contributed by atoms with Gasteiger partial charge in [-0.1, -0.05) is 30.7 Å². The van der Waals surface area contributed by atoms with Crippen molar-refractivity contribution in [1.29, 1.82) is 0 Å². The topological polar surface area (TPSA) is 110 Å². The molecule has 9 heteroatoms. The van der Waals surface area contributed by atoms with E-state index in [-0.39, 0.29) is 51.5 Å². The monoisotopic (exact) mass is 617 g/mol. The van der Waals surface area contributed by atoms with Crippen molar-refractivity contribution in [2.45, 2.75) is 32.1 Å². The molecule has 41 heavy (non-hydrogen) atoms. The molecule has 1 fully saturated rings. The van der Waals surface area contributed by atoms with E-state index in [4.69, 9.17) is 9.47 Å². The van der Waals surface area contributed by atoms with Gasteiger partial charge in [-0.05, 0) is 58.8 Å². The van der Waals surface area contributed by atoms with Gasteiger partial charge in [-0.3, -0.25) is 24.1 Å². The van der Waals surface area contributed by atoms with E-state index in [0.717, 1.165) is 17.6 Å². The van der Waals surface area contributed by atoms with Crippen LogP contribution in [0, 0.1) is 17.8 Å². The standard InChI is InChI=1S/C32H28BrNO7/c1-4-15-5-7-16(8-6-15)34-31(38)19-10-9-18-20(26(19)32(34)39)13-21-27(23(36)14-22(33)30(21)37)28(18)29-24(40-2)11-17(35)12-25(29)41-3/h5-9,11-12,14,19-20,26,28,35H,4,10,13H2,1-3H3. The van der Waals surface area contributed by atoms with Crippen LogP contribution in [0.25, 0.3) is 0 Å². The fourth-order valence-corrected chi connectivity index (χ4v) is 7.33. The number of rotatable bonds is 5. The predicted molar refractivity (Wildman–Crippen MR) is 154 cm³/mol. The minimum absolute atomic E-state index is 0.0864. The number of aryl methyl sites for hydroxylation is 1. The maximum Gasteiger partial charge on any atom is 0.238 e. The fourth-order valence-electron chi connectivity index (χ4n) is 6.88. The highest BCUT2D eigenvalue weighted by Crippen LogP contribution is 2.58. The summed E-state index contributed by atoms with van der Waals surface area (Å²) in [5.74, 6) is -3.32. The molecule has 2 aromatic carbocycles. The van der Waals surface area contributed by atoms with Gasteiger partial charge in [-0.25, -0.2) is 0 Å². The van der Waals surface area contributed by atoms with E-state index in [2.05, 4.69) is 15.9 Å². The maximum atomic E-state index is 14.1. The molecule has 1 N–H and O–H groups in total. The number of hydrogen-bond donors (Lipinski definition) is 1. The van der Waals surface area contributed by atoms with E-state index in [1.54, 1.807) is 12.1 Å². The van der Waals surface area contributed by atoms with Crippen LogP contribution in [0.4, 0.5) is 5.69 Å². The van der Waals surface area contributed by atoms with Gasteiger partial charge >= 0.3 is 0 Å². The zero-order valence-corrected chi connectivity index (χ0v) is 24.4. The van der Waals surface area contributed by atoms with Crippen LogP contribution in [0.5, 0.6) is 17.2 Å². The number of phenolic OH excluding ortho intramolecular Hbond substituents is 1. The molecule has 4 atom stereocenters. The molecule has 1 saturated heterocycles. The van der Waals surface area contributed by atoms with Gasteiger partial charge in [0, 0.05) is 40.8 Å². The molecule has 2 aromatic rings. The Morgan fingerprint density at radius 3 is 2.24 bits per heavy atom. The molecule has 4 unspecified atom stereocenters. The number of aromatic hydroxyl groups is 1. The normalized spacial score (nSPS) is 25.4. The lowest BCUT2D eigenvalue weighted by molar-refractivity contribution is -0.123. The molecule has 210 valence electrons. The third kappa shape index (κ3) is 4.09. The smallest absolute Gasteiger partial charge is 0.238 e. The van der Waals surface area contributed by atoms with Crippen LogP contribution in [0.3, 0.4) is 0 Å². The Bertz CT molecular complexity index is 1590. The van der Waals surface area contributed by atoms with Crippen molar-refractivity contribution in [3.8, 4) is 17.2 Å². The summed E-state index contributed by atoms with van der Waals surface area (Å²) in [5, 5.41) is 10.3. The number of ether oxygens (including phenoxy) is 2. The van der Waals surface area contributed by atoms with Crippen LogP contribution in [0.15, 0.2) is 69.8 Å². The lowest BCUT2D eigenvalue weighted by Gasteiger charge is -2.42. The number of fused-ring (bicyclic) bond motifs is 3. The summed E-state index contributed by atoms with van der Waals surface area (Å²) < 4.78 is 11.4. The van der Waals surface area contributed by atoms with Gasteiger partial charge in [0.1, 0.15) is 17.2 Å². The summed E-state index contributed by atoms with van der Waals surface area (Å²) in [6.45, 7) is 2.04. The third-order valence-electron chi connectivity index (χ3n) is 8.75. The molecular formula is C32H28BrNO7. The summed E-state index contributed by atoms with van der Waals surface area (Å²) >= 11 is 3.25. The Labute approximate surface area is 245 Å². The second kappa shape index (κ2) is 10.1. The number of benzene rings is 2. The fraction of sp³-hybridized carbons (Fsp3) is 0.312. The predicted octanol–water partition coefficient (Wildman–Crippen LogP) is 4.94. The van der Waals surface area contributed by atoms with Crippen LogP contribution in [0.2, 0.25) is 0 Å². The molecule has 1 heterocycles. The van der Waals surface area contributed by atoms with Crippen molar-refractivity contribution in [1.82, 2.24) is 0 Å². The first-order chi connectivity index (χ1) is 19.7. The van der Waals surface area contributed by atoms with E-state index in [9.17, 15) is 24.3 Å². The highest BCUT2D eigenvalue weighted by Gasteiger charge is 2.57. The quantitative estimate of drug-likeness (QED) is 0.287. The molecule has 0 aromatic heterocycles. The Balaban J connectivity index is 1.52. The van der Waals surface area contributed by atoms with Gasteiger partial charge in [-0.15, -0.1) is 0 Å². The zero-order chi connectivity index (χ0) is 29.2. The summed E-state index contributed by atoms with van der Waals surface area (Å²) in [7, 11) is 2.90. The lowest BCUT2D eigenvalue weighted by atomic mass is 9.59. The number of allylic oxidation sites excluding steroid dienone is 6. The molecule has 4 aliphatic rings. The van der Waals surface area contributed by atoms with E-state index >= 15 is 0 Å². The van der Waals surface area contributed by atoms with Crippen molar-refractivity contribution in [2.24, 2.45) is 17.8 Å². The zero-order valence-electron chi connectivity index (χ0n) is 22.8. The maximum absolute atomic E-state index is 14.1. The number of nitrogens with zero attached hydrogens (tertiary/aromatic N) is 1. The van der Waals surface area contributed by atoms with Gasteiger partial charge in [-0.2, -0.15) is 0 Å². The number of imide groups is 1. The van der Waals surface area contributed by atoms with Crippen LogP contribution >= 0.6 is 15.9 Å². The van der Waals surface area contributed by atoms with Crippen LogP contribution < -0.4 is 14.4 Å². The number of hydrogen-bond acceptors (Lipinski definition) is 7. The first-order valence-electron chi connectivity index (χ1n) is 13.5. The van der Waals surface area contributed by atoms with Crippen molar-refractivity contribution in [3.05, 3.63) is 80.9 Å². The number of anilines is 1. The van der Waals surface area contributed by atoms with E-state index in [1.807, 2.05) is 25.1 Å². The van der Waals surface area contributed by atoms with Crippen LogP contribution in [0.1, 0.15) is 36.8 Å². The van der Waals surface area contributed by atoms with Crippen molar-refractivity contribution in [2.75, 3.05) is 19.1 Å². The van der Waals surface area contributed by atoms with E-state index < -0.39 is 23.7 Å². The molecule has 0 spiro atoms. The molecule has 0 radical (unpaired) electrons. The number of ketones is 2. The van der Waals surface area contributed by atoms with Gasteiger partial charge < -0.3 is 14.6 Å². The SMILES string of the molecule is CCc1ccc(N2C(=O)C3CC=C4C(c5c(OC)cc(O)cc5OC)C5=C(CC4C3C2=O)C(=O)C(Br)=CC5=O)cc1. The second-order valence-electron chi connectivity index (χ2n) is 10.7. The van der Waals surface area contributed by atoms with Gasteiger partial charge in [0.2, 0.25) is 11.8 Å². The summed E-state index contributed by atoms with van der Waals surface area (Å²) in [4.78, 5) is 56.1. The molecular weight excluding hydrogens is 590 g/mol. The highest BCUT2D eigenvalue weighted by molar-refractivity contribution is 9.12. The van der Waals surface area contributed by atoms with E-state index in [1.165, 1.54) is 37.3 Å². The van der Waals surface area contributed by atoms with Gasteiger partial charge in [0.15, 0.2) is 11.6 Å². The molecule has 0 saturated carbocycles. The summed E-state index contributed by atoms with van der Waals surface area (Å²) in [6, 6.07) is 10.3. The molecule has 2 amide bonds. The minimum Gasteiger partial charge on any atom is -0.508 e. The molecule has 6 rings (SSSR count). The highest BCUT2D eigenvalue weighted by atomic mass is 79.9. The molecule has 3 aliphatic carbocycles. The average Bonchev–Trinajstić information content (AvgIpc) is 3.23. The summed E-state index contributed by atoms with van der Waals surface area (Å²) in [5.41, 5.74) is 3.47. The number of carbonyl (C=O) groups excluding carboxylic acids is 4. The van der Waals surface area contributed by atoms with Crippen molar-refractivity contribution < 1.29 is 33.8 Å². The largest absolute Gasteiger partial charge is 0.508 e. The molecule has 8 nitrogen and oxygen atoms in total. The lowest BCUT2D eigenvalue weighted by Crippen LogP contribution is -2.39. The third-order valence-corrected chi connectivity index (χ3v) is 9.34. The number of amides is 2. The number of phenols is 1. The number of Topliss-reactive ketones (excluding diaryl/α,β-unsaturated/α-hetero) is 1. The van der Waals surface area contributed by atoms with E-state index in [0.29, 0.717) is 28.8 Å². The van der Waals surface area contributed by atoms with Crippen molar-refractivity contribution in [3.63, 3.8) is 0 Å². The Hall–Kier alpha value is -3.98.